The number of carbonyl (C=O) groups excluding carboxylic acids is 2. The first-order chi connectivity index (χ1) is 12.5. The van der Waals surface area contributed by atoms with Gasteiger partial charge in [-0.25, -0.2) is 0 Å². The quantitative estimate of drug-likeness (QED) is 0.855. The van der Waals surface area contributed by atoms with Gasteiger partial charge in [-0.2, -0.15) is 0 Å². The fraction of sp³-hybridized carbons (Fsp3) is 0.579. The van der Waals surface area contributed by atoms with E-state index < -0.39 is 6.04 Å². The molecule has 2 fully saturated rings. The molecule has 2 amide bonds. The number of hydrogen-bond acceptors (Lipinski definition) is 4. The van der Waals surface area contributed by atoms with Crippen LogP contribution in [-0.2, 0) is 20.7 Å². The number of benzene rings is 1. The SMILES string of the molecule is NC(C(=O)N1CCN(C(=O)Cc2cccc(Cl)c2)CC1)C1CCOCC1. The summed E-state index contributed by atoms with van der Waals surface area (Å²) in [6.45, 7) is 3.53. The maximum atomic E-state index is 12.6. The number of halogens is 1. The average Bonchev–Trinajstić information content (AvgIpc) is 2.67. The average molecular weight is 380 g/mol. The molecule has 2 aliphatic heterocycles. The van der Waals surface area contributed by atoms with Gasteiger partial charge >= 0.3 is 0 Å². The van der Waals surface area contributed by atoms with Gasteiger partial charge in [0.05, 0.1) is 12.5 Å². The summed E-state index contributed by atoms with van der Waals surface area (Å²) >= 11 is 5.97. The van der Waals surface area contributed by atoms with Crippen LogP contribution in [0.15, 0.2) is 24.3 Å². The number of ether oxygens (including phenoxy) is 1. The van der Waals surface area contributed by atoms with Crippen LogP contribution in [0.2, 0.25) is 5.02 Å². The highest BCUT2D eigenvalue weighted by Gasteiger charge is 2.32. The molecule has 2 aliphatic rings. The first-order valence-electron chi connectivity index (χ1n) is 9.19. The molecule has 1 aromatic rings. The van der Waals surface area contributed by atoms with E-state index in [1.165, 1.54) is 0 Å². The van der Waals surface area contributed by atoms with Crippen LogP contribution in [0.25, 0.3) is 0 Å². The van der Waals surface area contributed by atoms with Crippen LogP contribution in [0.4, 0.5) is 0 Å². The Morgan fingerprint density at radius 2 is 1.81 bits per heavy atom. The minimum Gasteiger partial charge on any atom is -0.381 e. The van der Waals surface area contributed by atoms with Crippen LogP contribution in [0.3, 0.4) is 0 Å². The van der Waals surface area contributed by atoms with Gasteiger partial charge in [-0.3, -0.25) is 9.59 Å². The van der Waals surface area contributed by atoms with Crippen molar-refractivity contribution in [2.45, 2.75) is 25.3 Å². The molecule has 1 atom stereocenters. The minimum atomic E-state index is -0.465. The zero-order chi connectivity index (χ0) is 18.5. The predicted molar refractivity (Wildman–Crippen MR) is 99.8 cm³/mol. The Labute approximate surface area is 159 Å². The van der Waals surface area contributed by atoms with Crippen LogP contribution in [0.5, 0.6) is 0 Å². The Hall–Kier alpha value is -1.63. The zero-order valence-electron chi connectivity index (χ0n) is 14.9. The molecule has 26 heavy (non-hydrogen) atoms. The standard InChI is InChI=1S/C19H26ClN3O3/c20-16-3-1-2-14(12-16)13-17(24)22-6-8-23(9-7-22)19(25)18(21)15-4-10-26-11-5-15/h1-3,12,15,18H,4-11,13,21H2. The molecular weight excluding hydrogens is 354 g/mol. The molecule has 2 heterocycles. The fourth-order valence-electron chi connectivity index (χ4n) is 3.60. The van der Waals surface area contributed by atoms with Crippen LogP contribution in [-0.4, -0.2) is 67.0 Å². The Kier molecular flexibility index (Phi) is 6.51. The van der Waals surface area contributed by atoms with Crippen LogP contribution in [0.1, 0.15) is 18.4 Å². The molecule has 2 saturated heterocycles. The number of rotatable bonds is 4. The second-order valence-electron chi connectivity index (χ2n) is 6.99. The minimum absolute atomic E-state index is 0.00107. The highest BCUT2D eigenvalue weighted by molar-refractivity contribution is 6.30. The van der Waals surface area contributed by atoms with Crippen LogP contribution < -0.4 is 5.73 Å². The first kappa shape index (κ1) is 19.1. The van der Waals surface area contributed by atoms with Gasteiger partial charge in [-0.1, -0.05) is 23.7 Å². The summed E-state index contributed by atoms with van der Waals surface area (Å²) in [4.78, 5) is 28.7. The normalized spacial score (nSPS) is 20.1. The van der Waals surface area contributed by atoms with Crippen LogP contribution in [0, 0.1) is 5.92 Å². The summed E-state index contributed by atoms with van der Waals surface area (Å²) in [7, 11) is 0. The van der Waals surface area contributed by atoms with E-state index in [-0.39, 0.29) is 17.7 Å². The maximum absolute atomic E-state index is 12.6. The first-order valence-corrected chi connectivity index (χ1v) is 9.56. The van der Waals surface area contributed by atoms with E-state index in [0.29, 0.717) is 50.8 Å². The largest absolute Gasteiger partial charge is 0.381 e. The zero-order valence-corrected chi connectivity index (χ0v) is 15.7. The number of nitrogens with zero attached hydrogens (tertiary/aromatic N) is 2. The summed E-state index contributed by atoms with van der Waals surface area (Å²) in [6, 6.07) is 6.89. The molecule has 0 spiro atoms. The Bertz CT molecular complexity index is 641. The molecule has 0 aliphatic carbocycles. The lowest BCUT2D eigenvalue weighted by molar-refractivity contribution is -0.141. The van der Waals surface area contributed by atoms with Gasteiger partial charge in [0.1, 0.15) is 0 Å². The van der Waals surface area contributed by atoms with Crippen molar-refractivity contribution in [3.05, 3.63) is 34.9 Å². The van der Waals surface area contributed by atoms with Crippen molar-refractivity contribution in [3.63, 3.8) is 0 Å². The number of carbonyl (C=O) groups is 2. The van der Waals surface area contributed by atoms with E-state index >= 15 is 0 Å². The molecule has 0 bridgehead atoms. The van der Waals surface area contributed by atoms with E-state index in [4.69, 9.17) is 22.1 Å². The molecule has 0 radical (unpaired) electrons. The molecule has 3 rings (SSSR count). The van der Waals surface area contributed by atoms with Gasteiger partial charge in [0.25, 0.3) is 0 Å². The lowest BCUT2D eigenvalue weighted by Crippen LogP contribution is -2.56. The smallest absolute Gasteiger partial charge is 0.239 e. The third kappa shape index (κ3) is 4.75. The van der Waals surface area contributed by atoms with Crippen molar-refractivity contribution in [2.75, 3.05) is 39.4 Å². The lowest BCUT2D eigenvalue weighted by Gasteiger charge is -2.37. The Balaban J connectivity index is 1.48. The summed E-state index contributed by atoms with van der Waals surface area (Å²) in [5, 5.41) is 0.632. The number of hydrogen-bond donors (Lipinski definition) is 1. The lowest BCUT2D eigenvalue weighted by atomic mass is 9.91. The second kappa shape index (κ2) is 8.84. The van der Waals surface area contributed by atoms with Gasteiger partial charge in [0.15, 0.2) is 0 Å². The topological polar surface area (TPSA) is 75.9 Å². The van der Waals surface area contributed by atoms with Crippen molar-refractivity contribution in [2.24, 2.45) is 11.7 Å². The van der Waals surface area contributed by atoms with Crippen molar-refractivity contribution < 1.29 is 14.3 Å². The van der Waals surface area contributed by atoms with E-state index in [2.05, 4.69) is 0 Å². The van der Waals surface area contributed by atoms with Gasteiger partial charge in [0, 0.05) is 44.4 Å². The fourth-order valence-corrected chi connectivity index (χ4v) is 3.81. The Morgan fingerprint density at radius 1 is 1.15 bits per heavy atom. The summed E-state index contributed by atoms with van der Waals surface area (Å²) in [5.74, 6) is 0.255. The van der Waals surface area contributed by atoms with Crippen molar-refractivity contribution in [3.8, 4) is 0 Å². The van der Waals surface area contributed by atoms with Crippen LogP contribution >= 0.6 is 11.6 Å². The summed E-state index contributed by atoms with van der Waals surface area (Å²) in [5.41, 5.74) is 7.10. The van der Waals surface area contributed by atoms with E-state index in [9.17, 15) is 9.59 Å². The highest BCUT2D eigenvalue weighted by atomic mass is 35.5. The van der Waals surface area contributed by atoms with Gasteiger partial charge in [-0.05, 0) is 36.5 Å². The molecule has 2 N–H and O–H groups in total. The third-order valence-electron chi connectivity index (χ3n) is 5.25. The number of nitrogens with two attached hydrogens (primary N) is 1. The monoisotopic (exact) mass is 379 g/mol. The van der Waals surface area contributed by atoms with E-state index in [1.807, 2.05) is 23.1 Å². The molecule has 0 saturated carbocycles. The molecule has 7 heteroatoms. The summed E-state index contributed by atoms with van der Waals surface area (Å²) < 4.78 is 5.34. The Morgan fingerprint density at radius 3 is 2.46 bits per heavy atom. The second-order valence-corrected chi connectivity index (χ2v) is 7.42. The number of amides is 2. The molecule has 0 aromatic heterocycles. The summed E-state index contributed by atoms with van der Waals surface area (Å²) in [6.07, 6.45) is 2.01. The predicted octanol–water partition coefficient (Wildman–Crippen LogP) is 1.31. The number of piperazine rings is 1. The molecule has 1 unspecified atom stereocenters. The van der Waals surface area contributed by atoms with Crippen molar-refractivity contribution in [1.29, 1.82) is 0 Å². The highest BCUT2D eigenvalue weighted by Crippen LogP contribution is 2.20. The van der Waals surface area contributed by atoms with Gasteiger partial charge in [0.2, 0.25) is 11.8 Å². The van der Waals surface area contributed by atoms with Crippen molar-refractivity contribution in [1.82, 2.24) is 9.80 Å². The van der Waals surface area contributed by atoms with Gasteiger partial charge in [-0.15, -0.1) is 0 Å². The molecular formula is C19H26ClN3O3. The molecule has 6 nitrogen and oxygen atoms in total. The van der Waals surface area contributed by atoms with Gasteiger partial charge < -0.3 is 20.3 Å². The van der Waals surface area contributed by atoms with Crippen molar-refractivity contribution >= 4 is 23.4 Å². The molecule has 1 aromatic carbocycles. The van der Waals surface area contributed by atoms with E-state index in [0.717, 1.165) is 18.4 Å². The molecule has 142 valence electrons. The van der Waals surface area contributed by atoms with E-state index in [1.54, 1.807) is 11.0 Å². The maximum Gasteiger partial charge on any atom is 0.239 e. The third-order valence-corrected chi connectivity index (χ3v) is 5.48.